The molecule has 0 atom stereocenters. The van der Waals surface area contributed by atoms with E-state index in [4.69, 9.17) is 11.6 Å². The number of aromatic nitrogens is 1. The van der Waals surface area contributed by atoms with E-state index in [-0.39, 0.29) is 5.91 Å². The molecule has 2 rings (SSSR count). The molecule has 0 radical (unpaired) electrons. The maximum atomic E-state index is 12.7. The van der Waals surface area contributed by atoms with Crippen molar-refractivity contribution in [2.24, 2.45) is 0 Å². The van der Waals surface area contributed by atoms with E-state index < -0.39 is 0 Å². The van der Waals surface area contributed by atoms with Crippen molar-refractivity contribution in [1.29, 1.82) is 0 Å². The molecule has 23 heavy (non-hydrogen) atoms. The lowest BCUT2D eigenvalue weighted by Crippen LogP contribution is -2.24. The number of aromatic amines is 1. The number of carbonyl (C=O) groups excluding carboxylic acids is 1. The highest BCUT2D eigenvalue weighted by molar-refractivity contribution is 6.30. The predicted molar refractivity (Wildman–Crippen MR) is 96.2 cm³/mol. The Kier molecular flexibility index (Phi) is 6.28. The zero-order valence-corrected chi connectivity index (χ0v) is 14.9. The van der Waals surface area contributed by atoms with Crippen LogP contribution in [-0.4, -0.2) is 10.9 Å². The Morgan fingerprint density at radius 3 is 2.30 bits per heavy atom. The Morgan fingerprint density at radius 2 is 1.74 bits per heavy atom. The first kappa shape index (κ1) is 17.6. The molecule has 0 aliphatic carbocycles. The zero-order chi connectivity index (χ0) is 16.8. The first-order chi connectivity index (χ1) is 11.1. The van der Waals surface area contributed by atoms with Crippen molar-refractivity contribution >= 4 is 17.5 Å². The van der Waals surface area contributed by atoms with Crippen LogP contribution in [0.3, 0.4) is 0 Å². The highest BCUT2D eigenvalue weighted by atomic mass is 35.5. The predicted octanol–water partition coefficient (Wildman–Crippen LogP) is 4.68. The summed E-state index contributed by atoms with van der Waals surface area (Å²) in [6.07, 6.45) is 3.72. The molecule has 0 aliphatic rings. The number of carbonyl (C=O) groups is 1. The van der Waals surface area contributed by atoms with Crippen LogP contribution in [0.15, 0.2) is 24.3 Å². The number of rotatable bonds is 7. The summed E-state index contributed by atoms with van der Waals surface area (Å²) in [6, 6.07) is 7.55. The van der Waals surface area contributed by atoms with Crippen LogP contribution < -0.4 is 5.32 Å². The zero-order valence-electron chi connectivity index (χ0n) is 14.1. The number of amides is 1. The Morgan fingerprint density at radius 1 is 1.09 bits per heavy atom. The SMILES string of the molecule is CCCc1c(CC)[nH]c(CC)c1C(=O)NCc1ccc(Cl)cc1. The van der Waals surface area contributed by atoms with Gasteiger partial charge in [0.1, 0.15) is 0 Å². The van der Waals surface area contributed by atoms with E-state index in [9.17, 15) is 4.79 Å². The average Bonchev–Trinajstić information content (AvgIpc) is 2.92. The monoisotopic (exact) mass is 332 g/mol. The molecule has 1 aromatic heterocycles. The lowest BCUT2D eigenvalue weighted by atomic mass is 10.0. The third-order valence-corrected chi connectivity index (χ3v) is 4.32. The summed E-state index contributed by atoms with van der Waals surface area (Å²) < 4.78 is 0. The standard InChI is InChI=1S/C19H25ClN2O/c1-4-7-15-16(5-2)22-17(6-3)18(15)19(23)21-12-13-8-10-14(20)11-9-13/h8-11,22H,4-7,12H2,1-3H3,(H,21,23). The molecular formula is C19H25ClN2O. The van der Waals surface area contributed by atoms with Crippen molar-refractivity contribution in [1.82, 2.24) is 10.3 Å². The molecule has 0 aliphatic heterocycles. The first-order valence-electron chi connectivity index (χ1n) is 8.35. The van der Waals surface area contributed by atoms with E-state index in [1.54, 1.807) is 0 Å². The number of hydrogen-bond donors (Lipinski definition) is 2. The molecule has 0 bridgehead atoms. The molecule has 1 heterocycles. The fraction of sp³-hybridized carbons (Fsp3) is 0.421. The fourth-order valence-electron chi connectivity index (χ4n) is 2.89. The van der Waals surface area contributed by atoms with Gasteiger partial charge in [0, 0.05) is 23.0 Å². The molecular weight excluding hydrogens is 308 g/mol. The van der Waals surface area contributed by atoms with Crippen LogP contribution in [0.2, 0.25) is 5.02 Å². The smallest absolute Gasteiger partial charge is 0.253 e. The van der Waals surface area contributed by atoms with E-state index in [1.807, 2.05) is 24.3 Å². The quantitative estimate of drug-likeness (QED) is 0.760. The van der Waals surface area contributed by atoms with E-state index in [2.05, 4.69) is 31.1 Å². The van der Waals surface area contributed by atoms with Crippen LogP contribution in [0.4, 0.5) is 0 Å². The number of aryl methyl sites for hydroxylation is 2. The van der Waals surface area contributed by atoms with E-state index in [0.29, 0.717) is 11.6 Å². The van der Waals surface area contributed by atoms with Crippen molar-refractivity contribution in [3.8, 4) is 0 Å². The van der Waals surface area contributed by atoms with Crippen LogP contribution in [0.5, 0.6) is 0 Å². The molecule has 2 N–H and O–H groups in total. The molecule has 0 fully saturated rings. The maximum absolute atomic E-state index is 12.7. The highest BCUT2D eigenvalue weighted by Gasteiger charge is 2.20. The molecule has 1 amide bonds. The third kappa shape index (κ3) is 4.17. The molecule has 0 saturated carbocycles. The fourth-order valence-corrected chi connectivity index (χ4v) is 3.02. The van der Waals surface area contributed by atoms with Crippen molar-refractivity contribution in [3.05, 3.63) is 57.4 Å². The first-order valence-corrected chi connectivity index (χ1v) is 8.73. The van der Waals surface area contributed by atoms with Crippen LogP contribution in [-0.2, 0) is 25.8 Å². The largest absolute Gasteiger partial charge is 0.361 e. The normalized spacial score (nSPS) is 10.8. The lowest BCUT2D eigenvalue weighted by molar-refractivity contribution is 0.0949. The summed E-state index contributed by atoms with van der Waals surface area (Å²) in [5, 5.41) is 3.75. The maximum Gasteiger partial charge on any atom is 0.253 e. The average molecular weight is 333 g/mol. The van der Waals surface area contributed by atoms with Crippen molar-refractivity contribution in [2.45, 2.75) is 53.0 Å². The number of hydrogen-bond acceptors (Lipinski definition) is 1. The minimum absolute atomic E-state index is 0.0104. The van der Waals surface area contributed by atoms with Crippen LogP contribution in [0.25, 0.3) is 0 Å². The van der Waals surface area contributed by atoms with E-state index in [1.165, 1.54) is 11.3 Å². The Labute approximate surface area is 143 Å². The summed E-state index contributed by atoms with van der Waals surface area (Å²) in [5.74, 6) is 0.0104. The van der Waals surface area contributed by atoms with Crippen LogP contribution in [0, 0.1) is 0 Å². The highest BCUT2D eigenvalue weighted by Crippen LogP contribution is 2.22. The second-order valence-electron chi connectivity index (χ2n) is 5.70. The summed E-state index contributed by atoms with van der Waals surface area (Å²) in [7, 11) is 0. The van der Waals surface area contributed by atoms with Gasteiger partial charge >= 0.3 is 0 Å². The summed E-state index contributed by atoms with van der Waals surface area (Å²) in [4.78, 5) is 16.2. The lowest BCUT2D eigenvalue weighted by Gasteiger charge is -2.09. The van der Waals surface area contributed by atoms with Crippen molar-refractivity contribution < 1.29 is 4.79 Å². The molecule has 2 aromatic rings. The van der Waals surface area contributed by atoms with Gasteiger partial charge in [0.05, 0.1) is 5.56 Å². The molecule has 1 aromatic carbocycles. The van der Waals surface area contributed by atoms with Gasteiger partial charge in [0.2, 0.25) is 0 Å². The van der Waals surface area contributed by atoms with Gasteiger partial charge in [-0.15, -0.1) is 0 Å². The van der Waals surface area contributed by atoms with Gasteiger partial charge in [-0.2, -0.15) is 0 Å². The minimum Gasteiger partial charge on any atom is -0.361 e. The molecule has 0 saturated heterocycles. The number of nitrogens with one attached hydrogen (secondary N) is 2. The molecule has 0 spiro atoms. The molecule has 0 unspecified atom stereocenters. The second kappa shape index (κ2) is 8.21. The number of H-pyrrole nitrogens is 1. The summed E-state index contributed by atoms with van der Waals surface area (Å²) in [6.45, 7) is 6.86. The number of benzene rings is 1. The van der Waals surface area contributed by atoms with Gasteiger partial charge in [0.15, 0.2) is 0 Å². The van der Waals surface area contributed by atoms with Gasteiger partial charge in [-0.25, -0.2) is 0 Å². The second-order valence-corrected chi connectivity index (χ2v) is 6.14. The van der Waals surface area contributed by atoms with Gasteiger partial charge in [-0.05, 0) is 42.5 Å². The Bertz CT molecular complexity index is 659. The van der Waals surface area contributed by atoms with Gasteiger partial charge in [-0.3, -0.25) is 4.79 Å². The third-order valence-electron chi connectivity index (χ3n) is 4.07. The number of halogens is 1. The van der Waals surface area contributed by atoms with Crippen molar-refractivity contribution in [3.63, 3.8) is 0 Å². The Balaban J connectivity index is 2.20. The molecule has 124 valence electrons. The van der Waals surface area contributed by atoms with E-state index in [0.717, 1.165) is 42.5 Å². The van der Waals surface area contributed by atoms with Crippen LogP contribution >= 0.6 is 11.6 Å². The summed E-state index contributed by atoms with van der Waals surface area (Å²) in [5.41, 5.74) is 5.31. The molecule has 4 heteroatoms. The summed E-state index contributed by atoms with van der Waals surface area (Å²) >= 11 is 5.89. The molecule has 3 nitrogen and oxygen atoms in total. The van der Waals surface area contributed by atoms with Crippen LogP contribution in [0.1, 0.15) is 60.1 Å². The van der Waals surface area contributed by atoms with Gasteiger partial charge in [-0.1, -0.05) is 50.9 Å². The minimum atomic E-state index is 0.0104. The van der Waals surface area contributed by atoms with Crippen molar-refractivity contribution in [2.75, 3.05) is 0 Å². The Hall–Kier alpha value is -1.74. The van der Waals surface area contributed by atoms with Gasteiger partial charge < -0.3 is 10.3 Å². The topological polar surface area (TPSA) is 44.9 Å². The van der Waals surface area contributed by atoms with E-state index >= 15 is 0 Å². The van der Waals surface area contributed by atoms with Gasteiger partial charge in [0.25, 0.3) is 5.91 Å².